The summed E-state index contributed by atoms with van der Waals surface area (Å²) in [4.78, 5) is 23.6. The van der Waals surface area contributed by atoms with Crippen molar-refractivity contribution in [3.8, 4) is 11.5 Å². The van der Waals surface area contributed by atoms with Crippen molar-refractivity contribution >= 4 is 34.0 Å². The fraction of sp³-hybridized carbons (Fsp3) is 0.167. The third kappa shape index (κ3) is 5.78. The number of methoxy groups -OCH3 is 1. The number of benzene rings is 2. The summed E-state index contributed by atoms with van der Waals surface area (Å²) in [6.07, 6.45) is 1.35. The number of phenolic OH excluding ortho intramolecular Hbond substituents is 1. The summed E-state index contributed by atoms with van der Waals surface area (Å²) < 4.78 is 18.9. The first kappa shape index (κ1) is 20.4. The molecule has 0 saturated carbocycles. The zero-order valence-corrected chi connectivity index (χ0v) is 15.9. The van der Waals surface area contributed by atoms with Gasteiger partial charge in [0.25, 0.3) is 5.91 Å². The second-order valence-electron chi connectivity index (χ2n) is 5.33. The molecule has 0 atom stereocenters. The monoisotopic (exact) mass is 437 g/mol. The van der Waals surface area contributed by atoms with E-state index < -0.39 is 17.6 Å². The molecule has 2 amide bonds. The number of hydrogen-bond acceptors (Lipinski definition) is 5. The lowest BCUT2D eigenvalue weighted by Gasteiger charge is -2.06. The Labute approximate surface area is 163 Å². The van der Waals surface area contributed by atoms with Gasteiger partial charge in [-0.2, -0.15) is 5.10 Å². The van der Waals surface area contributed by atoms with Gasteiger partial charge in [-0.15, -0.1) is 0 Å². The fourth-order valence-corrected chi connectivity index (χ4v) is 2.55. The molecular weight excluding hydrogens is 421 g/mol. The van der Waals surface area contributed by atoms with Crippen LogP contribution in [0.3, 0.4) is 0 Å². The Hall–Kier alpha value is -2.94. The lowest BCUT2D eigenvalue weighted by Crippen LogP contribution is -2.29. The molecule has 9 heteroatoms. The summed E-state index contributed by atoms with van der Waals surface area (Å²) in [6.45, 7) is 0.0348. The van der Waals surface area contributed by atoms with Crippen molar-refractivity contribution in [1.82, 2.24) is 10.7 Å². The average Bonchev–Trinajstić information content (AvgIpc) is 2.64. The van der Waals surface area contributed by atoms with Gasteiger partial charge < -0.3 is 15.2 Å². The van der Waals surface area contributed by atoms with Crippen LogP contribution in [-0.2, 0) is 4.79 Å². The fourth-order valence-electron chi connectivity index (χ4n) is 2.09. The third-order valence-corrected chi connectivity index (χ3v) is 4.03. The predicted octanol–water partition coefficient (Wildman–Crippen LogP) is 2.57. The lowest BCUT2D eigenvalue weighted by atomic mass is 10.2. The molecule has 0 unspecified atom stereocenters. The van der Waals surface area contributed by atoms with Gasteiger partial charge in [0, 0.05) is 13.0 Å². The number of carbonyl (C=O) groups is 2. The Balaban J connectivity index is 1.81. The number of ether oxygens (including phenoxy) is 1. The van der Waals surface area contributed by atoms with E-state index >= 15 is 0 Å². The van der Waals surface area contributed by atoms with E-state index in [1.807, 2.05) is 0 Å². The molecule has 0 aliphatic rings. The van der Waals surface area contributed by atoms with E-state index in [4.69, 9.17) is 4.74 Å². The number of hydrazone groups is 1. The molecule has 0 fully saturated rings. The van der Waals surface area contributed by atoms with Crippen molar-refractivity contribution in [2.24, 2.45) is 5.10 Å². The minimum atomic E-state index is -0.625. The first-order valence-electron chi connectivity index (χ1n) is 7.83. The Morgan fingerprint density at radius 2 is 2.07 bits per heavy atom. The van der Waals surface area contributed by atoms with Crippen LogP contribution in [0.5, 0.6) is 11.5 Å². The molecule has 27 heavy (non-hydrogen) atoms. The molecule has 0 aliphatic heterocycles. The highest BCUT2D eigenvalue weighted by Gasteiger charge is 2.11. The van der Waals surface area contributed by atoms with Crippen molar-refractivity contribution in [1.29, 1.82) is 0 Å². The zero-order valence-electron chi connectivity index (χ0n) is 14.3. The van der Waals surface area contributed by atoms with Gasteiger partial charge in [-0.1, -0.05) is 12.1 Å². The first-order chi connectivity index (χ1) is 12.9. The van der Waals surface area contributed by atoms with Gasteiger partial charge in [0.15, 0.2) is 11.5 Å². The van der Waals surface area contributed by atoms with Crippen LogP contribution in [0.25, 0.3) is 0 Å². The Kier molecular flexibility index (Phi) is 7.30. The third-order valence-electron chi connectivity index (χ3n) is 3.43. The lowest BCUT2D eigenvalue weighted by molar-refractivity contribution is -0.120. The molecule has 0 bridgehead atoms. The molecule has 0 radical (unpaired) electrons. The zero-order chi connectivity index (χ0) is 19.8. The molecule has 2 aromatic carbocycles. The molecule has 0 aliphatic carbocycles. The number of amides is 2. The van der Waals surface area contributed by atoms with Crippen molar-refractivity contribution in [2.45, 2.75) is 6.42 Å². The summed E-state index contributed by atoms with van der Waals surface area (Å²) in [5.41, 5.74) is 2.82. The minimum Gasteiger partial charge on any atom is -0.503 e. The second-order valence-corrected chi connectivity index (χ2v) is 6.19. The van der Waals surface area contributed by atoms with E-state index in [0.29, 0.717) is 10.0 Å². The molecule has 2 aromatic rings. The number of halogens is 2. The molecule has 0 heterocycles. The SMILES string of the molecule is COc1cc(C=NNC(=O)CCNC(=O)c2ccccc2F)cc(Br)c1O. The van der Waals surface area contributed by atoms with Crippen molar-refractivity contribution in [2.75, 3.05) is 13.7 Å². The molecule has 0 spiro atoms. The van der Waals surface area contributed by atoms with Crippen LogP contribution in [0.4, 0.5) is 4.39 Å². The normalized spacial score (nSPS) is 10.6. The highest BCUT2D eigenvalue weighted by atomic mass is 79.9. The second kappa shape index (κ2) is 9.67. The van der Waals surface area contributed by atoms with Gasteiger partial charge >= 0.3 is 0 Å². The van der Waals surface area contributed by atoms with Crippen LogP contribution in [0.1, 0.15) is 22.3 Å². The summed E-state index contributed by atoms with van der Waals surface area (Å²) in [5.74, 6) is -1.42. The van der Waals surface area contributed by atoms with E-state index in [1.54, 1.807) is 18.2 Å². The number of nitrogens with one attached hydrogen (secondary N) is 2. The van der Waals surface area contributed by atoms with Crippen LogP contribution in [0.2, 0.25) is 0 Å². The van der Waals surface area contributed by atoms with E-state index in [-0.39, 0.29) is 30.0 Å². The van der Waals surface area contributed by atoms with Gasteiger partial charge in [-0.3, -0.25) is 9.59 Å². The molecule has 7 nitrogen and oxygen atoms in total. The number of aromatic hydroxyl groups is 1. The van der Waals surface area contributed by atoms with E-state index in [1.165, 1.54) is 31.5 Å². The molecule has 3 N–H and O–H groups in total. The van der Waals surface area contributed by atoms with Crippen LogP contribution in [0.15, 0.2) is 46.0 Å². The summed E-state index contributed by atoms with van der Waals surface area (Å²) in [5, 5.41) is 16.0. The number of rotatable bonds is 7. The largest absolute Gasteiger partial charge is 0.503 e. The number of phenols is 1. The van der Waals surface area contributed by atoms with Crippen LogP contribution < -0.4 is 15.5 Å². The quantitative estimate of drug-likeness (QED) is 0.457. The highest BCUT2D eigenvalue weighted by molar-refractivity contribution is 9.10. The van der Waals surface area contributed by atoms with Crippen molar-refractivity contribution < 1.29 is 23.8 Å². The van der Waals surface area contributed by atoms with Crippen LogP contribution in [0, 0.1) is 5.82 Å². The van der Waals surface area contributed by atoms with Crippen LogP contribution >= 0.6 is 15.9 Å². The predicted molar refractivity (Wildman–Crippen MR) is 101 cm³/mol. The maximum absolute atomic E-state index is 13.5. The number of hydrogen-bond donors (Lipinski definition) is 3. The molecule has 0 aromatic heterocycles. The summed E-state index contributed by atoms with van der Waals surface area (Å²) >= 11 is 3.18. The van der Waals surface area contributed by atoms with Gasteiger partial charge in [0.2, 0.25) is 5.91 Å². The maximum atomic E-state index is 13.5. The topological polar surface area (TPSA) is 100 Å². The Morgan fingerprint density at radius 1 is 1.33 bits per heavy atom. The van der Waals surface area contributed by atoms with Crippen LogP contribution in [-0.4, -0.2) is 36.8 Å². The smallest absolute Gasteiger partial charge is 0.254 e. The first-order valence-corrected chi connectivity index (χ1v) is 8.62. The summed E-state index contributed by atoms with van der Waals surface area (Å²) in [6, 6.07) is 8.73. The van der Waals surface area contributed by atoms with Gasteiger partial charge in [-0.25, -0.2) is 9.82 Å². The molecule has 2 rings (SSSR count). The van der Waals surface area contributed by atoms with E-state index in [0.717, 1.165) is 0 Å². The maximum Gasteiger partial charge on any atom is 0.254 e. The standard InChI is InChI=1S/C18H17BrFN3O4/c1-27-15-9-11(8-13(19)17(15)25)10-22-23-16(24)6-7-21-18(26)12-4-2-3-5-14(12)20/h2-5,8-10,25H,6-7H2,1H3,(H,21,26)(H,23,24). The van der Waals surface area contributed by atoms with Gasteiger partial charge in [0.1, 0.15) is 5.82 Å². The molecule has 0 saturated heterocycles. The Morgan fingerprint density at radius 3 is 2.78 bits per heavy atom. The van der Waals surface area contributed by atoms with Crippen molar-refractivity contribution in [3.63, 3.8) is 0 Å². The minimum absolute atomic E-state index is 0.0277. The van der Waals surface area contributed by atoms with E-state index in [9.17, 15) is 19.1 Å². The molecular formula is C18H17BrFN3O4. The molecule has 142 valence electrons. The number of carbonyl (C=O) groups excluding carboxylic acids is 2. The average molecular weight is 438 g/mol. The summed E-state index contributed by atoms with van der Waals surface area (Å²) in [7, 11) is 1.42. The van der Waals surface area contributed by atoms with Gasteiger partial charge in [0.05, 0.1) is 23.4 Å². The van der Waals surface area contributed by atoms with E-state index in [2.05, 4.69) is 31.8 Å². The van der Waals surface area contributed by atoms with Gasteiger partial charge in [-0.05, 0) is 45.8 Å². The van der Waals surface area contributed by atoms with Crippen molar-refractivity contribution in [3.05, 3.63) is 57.8 Å². The Bertz CT molecular complexity index is 874. The highest BCUT2D eigenvalue weighted by Crippen LogP contribution is 2.34. The number of nitrogens with zero attached hydrogens (tertiary/aromatic N) is 1.